The number of esters is 1. The lowest BCUT2D eigenvalue weighted by Crippen LogP contribution is -2.25. The van der Waals surface area contributed by atoms with Gasteiger partial charge in [0.2, 0.25) is 5.78 Å². The second-order valence-electron chi connectivity index (χ2n) is 2.89. The first-order valence-electron chi connectivity index (χ1n) is 4.51. The maximum absolute atomic E-state index is 11.2. The fourth-order valence-corrected chi connectivity index (χ4v) is 1.03. The van der Waals surface area contributed by atoms with Crippen LogP contribution in [-0.2, 0) is 20.7 Å². The summed E-state index contributed by atoms with van der Waals surface area (Å²) in [6.07, 6.45) is 2.50. The summed E-state index contributed by atoms with van der Waals surface area (Å²) in [5, 5.41) is 10.7. The van der Waals surface area contributed by atoms with Crippen LogP contribution >= 0.6 is 0 Å². The Morgan fingerprint density at radius 2 is 2.00 bits per heavy atom. The van der Waals surface area contributed by atoms with Crippen molar-refractivity contribution in [3.05, 3.63) is 35.3 Å². The van der Waals surface area contributed by atoms with Crippen LogP contribution in [0.2, 0.25) is 0 Å². The Bertz CT molecular complexity index is 358. The molecule has 15 heavy (non-hydrogen) atoms. The molecule has 0 saturated heterocycles. The summed E-state index contributed by atoms with van der Waals surface area (Å²) in [5.74, 6) is -1.45. The fraction of sp³-hybridized carbons (Fsp3) is 0.300. The van der Waals surface area contributed by atoms with Gasteiger partial charge in [-0.3, -0.25) is 4.79 Å². The highest BCUT2D eigenvalue weighted by atomic mass is 16.5. The van der Waals surface area contributed by atoms with E-state index in [1.165, 1.54) is 24.5 Å². The quantitative estimate of drug-likeness (QED) is 0.303. The standard InChI is InChI=1S/C10H11NO4/c1-2-15-10(13)9(12)7-8-3-5-11(14)6-4-8/h3-6H,2,7H2,1H3. The van der Waals surface area contributed by atoms with Crippen LogP contribution in [0.1, 0.15) is 12.5 Å². The predicted molar refractivity (Wildman–Crippen MR) is 50.7 cm³/mol. The Labute approximate surface area is 86.9 Å². The van der Waals surface area contributed by atoms with E-state index in [-0.39, 0.29) is 13.0 Å². The van der Waals surface area contributed by atoms with Crippen molar-refractivity contribution in [2.24, 2.45) is 0 Å². The maximum atomic E-state index is 11.2. The van der Waals surface area contributed by atoms with Gasteiger partial charge in [-0.25, -0.2) is 4.79 Å². The Morgan fingerprint density at radius 1 is 1.40 bits per heavy atom. The summed E-state index contributed by atoms with van der Waals surface area (Å²) < 4.78 is 5.15. The molecular weight excluding hydrogens is 198 g/mol. The third kappa shape index (κ3) is 3.38. The number of carbonyl (C=O) groups excluding carboxylic acids is 2. The van der Waals surface area contributed by atoms with Gasteiger partial charge in [-0.05, 0) is 12.5 Å². The molecule has 0 amide bonds. The van der Waals surface area contributed by atoms with Crippen LogP contribution in [0.15, 0.2) is 24.5 Å². The minimum atomic E-state index is -0.837. The van der Waals surface area contributed by atoms with Gasteiger partial charge < -0.3 is 9.94 Å². The van der Waals surface area contributed by atoms with Gasteiger partial charge in [0.1, 0.15) is 0 Å². The van der Waals surface area contributed by atoms with Crippen molar-refractivity contribution in [2.45, 2.75) is 13.3 Å². The molecule has 0 bridgehead atoms. The molecule has 0 aliphatic heterocycles. The van der Waals surface area contributed by atoms with Gasteiger partial charge in [-0.1, -0.05) is 0 Å². The van der Waals surface area contributed by atoms with Crippen molar-refractivity contribution in [3.63, 3.8) is 0 Å². The second-order valence-corrected chi connectivity index (χ2v) is 2.89. The molecule has 0 aliphatic carbocycles. The number of nitrogens with zero attached hydrogens (tertiary/aromatic N) is 1. The molecule has 1 rings (SSSR count). The monoisotopic (exact) mass is 209 g/mol. The van der Waals surface area contributed by atoms with E-state index in [1.807, 2.05) is 0 Å². The summed E-state index contributed by atoms with van der Waals surface area (Å²) in [5.41, 5.74) is 0.611. The molecule has 1 aromatic rings. The summed E-state index contributed by atoms with van der Waals surface area (Å²) in [4.78, 5) is 22.2. The molecule has 0 radical (unpaired) electrons. The van der Waals surface area contributed by atoms with Crippen LogP contribution in [0.3, 0.4) is 0 Å². The molecule has 5 heteroatoms. The highest BCUT2D eigenvalue weighted by Crippen LogP contribution is 1.98. The average Bonchev–Trinajstić information content (AvgIpc) is 2.22. The first kappa shape index (κ1) is 11.2. The van der Waals surface area contributed by atoms with E-state index >= 15 is 0 Å². The van der Waals surface area contributed by atoms with Gasteiger partial charge in [-0.15, -0.1) is 0 Å². The minimum Gasteiger partial charge on any atom is -0.619 e. The minimum absolute atomic E-state index is 0.0420. The Balaban J connectivity index is 2.58. The first-order chi connectivity index (χ1) is 7.13. The van der Waals surface area contributed by atoms with Crippen LogP contribution in [0.5, 0.6) is 0 Å². The Hall–Kier alpha value is -1.91. The third-order valence-electron chi connectivity index (χ3n) is 1.74. The lowest BCUT2D eigenvalue weighted by atomic mass is 10.1. The largest absolute Gasteiger partial charge is 0.619 e. The molecule has 0 atom stereocenters. The van der Waals surface area contributed by atoms with Crippen LogP contribution in [0.25, 0.3) is 0 Å². The molecule has 0 aromatic carbocycles. The number of Topliss-reactive ketones (excluding diaryl/α,β-unsaturated/α-hetero) is 1. The molecule has 0 spiro atoms. The number of ether oxygens (including phenoxy) is 1. The topological polar surface area (TPSA) is 70.3 Å². The van der Waals surface area contributed by atoms with E-state index in [4.69, 9.17) is 0 Å². The maximum Gasteiger partial charge on any atom is 0.374 e. The summed E-state index contributed by atoms with van der Waals surface area (Å²) in [6.45, 7) is 1.81. The first-order valence-corrected chi connectivity index (χ1v) is 4.51. The van der Waals surface area contributed by atoms with E-state index in [0.717, 1.165) is 0 Å². The van der Waals surface area contributed by atoms with Gasteiger partial charge in [0.25, 0.3) is 0 Å². The smallest absolute Gasteiger partial charge is 0.374 e. The average molecular weight is 209 g/mol. The van der Waals surface area contributed by atoms with E-state index in [9.17, 15) is 14.8 Å². The van der Waals surface area contributed by atoms with Crippen LogP contribution < -0.4 is 4.73 Å². The summed E-state index contributed by atoms with van der Waals surface area (Å²) in [6, 6.07) is 2.98. The highest BCUT2D eigenvalue weighted by Gasteiger charge is 2.15. The van der Waals surface area contributed by atoms with Crippen molar-refractivity contribution in [1.82, 2.24) is 0 Å². The molecular formula is C10H11NO4. The number of hydrogen-bond donors (Lipinski definition) is 0. The number of ketones is 1. The molecule has 1 aromatic heterocycles. The van der Waals surface area contributed by atoms with Crippen molar-refractivity contribution in [2.75, 3.05) is 6.61 Å². The van der Waals surface area contributed by atoms with Gasteiger partial charge in [-0.2, -0.15) is 4.73 Å². The van der Waals surface area contributed by atoms with Gasteiger partial charge >= 0.3 is 5.97 Å². The molecule has 0 fully saturated rings. The van der Waals surface area contributed by atoms with Gasteiger partial charge in [0.05, 0.1) is 6.61 Å². The SMILES string of the molecule is CCOC(=O)C(=O)Cc1cc[n+]([O-])cc1. The van der Waals surface area contributed by atoms with E-state index in [0.29, 0.717) is 10.3 Å². The number of hydrogen-bond acceptors (Lipinski definition) is 4. The number of carbonyl (C=O) groups is 2. The molecule has 0 N–H and O–H groups in total. The Morgan fingerprint density at radius 3 is 2.53 bits per heavy atom. The summed E-state index contributed by atoms with van der Waals surface area (Å²) >= 11 is 0. The van der Waals surface area contributed by atoms with Crippen molar-refractivity contribution < 1.29 is 19.1 Å². The van der Waals surface area contributed by atoms with E-state index < -0.39 is 11.8 Å². The zero-order valence-electron chi connectivity index (χ0n) is 8.30. The number of pyridine rings is 1. The molecule has 0 aliphatic rings. The van der Waals surface area contributed by atoms with E-state index in [2.05, 4.69) is 4.74 Å². The molecule has 80 valence electrons. The van der Waals surface area contributed by atoms with Crippen LogP contribution in [0.4, 0.5) is 0 Å². The molecule has 5 nitrogen and oxygen atoms in total. The number of rotatable bonds is 4. The highest BCUT2D eigenvalue weighted by molar-refractivity contribution is 6.34. The van der Waals surface area contributed by atoms with Crippen molar-refractivity contribution in [1.29, 1.82) is 0 Å². The fourth-order valence-electron chi connectivity index (χ4n) is 1.03. The predicted octanol–water partition coefficient (Wildman–Crippen LogP) is -0.00530. The molecule has 1 heterocycles. The second kappa shape index (κ2) is 5.09. The van der Waals surface area contributed by atoms with Gasteiger partial charge in [0.15, 0.2) is 12.4 Å². The zero-order chi connectivity index (χ0) is 11.3. The lowest BCUT2D eigenvalue weighted by Gasteiger charge is -2.01. The lowest BCUT2D eigenvalue weighted by molar-refractivity contribution is -0.605. The number of aromatic nitrogens is 1. The van der Waals surface area contributed by atoms with Crippen LogP contribution in [0, 0.1) is 5.21 Å². The molecule has 0 saturated carbocycles. The Kier molecular flexibility index (Phi) is 3.79. The third-order valence-corrected chi connectivity index (χ3v) is 1.74. The van der Waals surface area contributed by atoms with Crippen molar-refractivity contribution in [3.8, 4) is 0 Å². The molecule has 0 unspecified atom stereocenters. The zero-order valence-corrected chi connectivity index (χ0v) is 8.30. The summed E-state index contributed by atoms with van der Waals surface area (Å²) in [7, 11) is 0. The van der Waals surface area contributed by atoms with Crippen LogP contribution in [-0.4, -0.2) is 18.4 Å². The van der Waals surface area contributed by atoms with Gasteiger partial charge in [0, 0.05) is 18.6 Å². The normalized spacial score (nSPS) is 9.67. The van der Waals surface area contributed by atoms with E-state index in [1.54, 1.807) is 6.92 Å². The van der Waals surface area contributed by atoms with Crippen molar-refractivity contribution >= 4 is 11.8 Å².